The maximum atomic E-state index is 11.6. The van der Waals surface area contributed by atoms with Gasteiger partial charge in [0.1, 0.15) is 11.6 Å². The number of methoxy groups -OCH3 is 1. The van der Waals surface area contributed by atoms with Gasteiger partial charge in [0.2, 0.25) is 0 Å². The zero-order valence-electron chi connectivity index (χ0n) is 11.6. The number of amides is 1. The molecule has 0 fully saturated rings. The van der Waals surface area contributed by atoms with Crippen molar-refractivity contribution in [3.63, 3.8) is 0 Å². The number of carbonyl (C=O) groups is 2. The monoisotopic (exact) mass is 271 g/mol. The predicted molar refractivity (Wildman–Crippen MR) is 70.8 cm³/mol. The highest BCUT2D eigenvalue weighted by Gasteiger charge is 2.25. The number of ether oxygens (including phenoxy) is 2. The Balaban J connectivity index is 4.74. The Labute approximate surface area is 112 Å². The Morgan fingerprint density at radius 1 is 1.42 bits per heavy atom. The lowest BCUT2D eigenvalue weighted by Crippen LogP contribution is -2.44. The van der Waals surface area contributed by atoms with Gasteiger partial charge in [0.05, 0.1) is 7.11 Å². The normalized spacial score (nSPS) is 13.4. The number of rotatable bonds is 5. The molecule has 0 aromatic rings. The van der Waals surface area contributed by atoms with E-state index in [-0.39, 0.29) is 6.42 Å². The van der Waals surface area contributed by atoms with Crippen LogP contribution in [0.3, 0.4) is 0 Å². The molecule has 0 aromatic heterocycles. The van der Waals surface area contributed by atoms with Crippen molar-refractivity contribution in [3.05, 3.63) is 11.8 Å². The highest BCUT2D eigenvalue weighted by molar-refractivity contribution is 5.84. The summed E-state index contributed by atoms with van der Waals surface area (Å²) in [6, 6.07) is -0.948. The largest absolute Gasteiger partial charge is 0.467 e. The minimum absolute atomic E-state index is 0.0614. The minimum atomic E-state index is -0.948. The maximum Gasteiger partial charge on any atom is 0.408 e. The second-order valence-corrected chi connectivity index (χ2v) is 4.81. The van der Waals surface area contributed by atoms with Gasteiger partial charge in [-0.15, -0.1) is 0 Å². The highest BCUT2D eigenvalue weighted by atomic mass is 16.6. The van der Waals surface area contributed by atoms with E-state index in [4.69, 9.17) is 15.9 Å². The van der Waals surface area contributed by atoms with Crippen molar-refractivity contribution < 1.29 is 19.1 Å². The van der Waals surface area contributed by atoms with Crippen LogP contribution in [0.4, 0.5) is 4.79 Å². The Kier molecular flexibility index (Phi) is 6.60. The standard InChI is InChI=1S/C12H21N3O4/c1-12(2,3)19-11(17)15-9(10(16)18-4)5-8(6-13)7-14/h6-7,9,13H,5,14H2,1-4H3,(H,15,17)/b8-7-,13-6?. The molecule has 0 bridgehead atoms. The molecule has 7 nitrogen and oxygen atoms in total. The van der Waals surface area contributed by atoms with Gasteiger partial charge in [-0.1, -0.05) is 0 Å². The van der Waals surface area contributed by atoms with Crippen LogP contribution in [0.2, 0.25) is 0 Å². The lowest BCUT2D eigenvalue weighted by atomic mass is 10.1. The van der Waals surface area contributed by atoms with Gasteiger partial charge in [0, 0.05) is 12.6 Å². The summed E-state index contributed by atoms with van der Waals surface area (Å²) in [5.41, 5.74) is 5.02. The first-order valence-corrected chi connectivity index (χ1v) is 5.72. The van der Waals surface area contributed by atoms with Crippen molar-refractivity contribution in [1.29, 1.82) is 5.41 Å². The van der Waals surface area contributed by atoms with Gasteiger partial charge in [-0.3, -0.25) is 0 Å². The number of nitrogens with one attached hydrogen (secondary N) is 2. The number of carbonyl (C=O) groups excluding carboxylic acids is 2. The molecule has 0 radical (unpaired) electrons. The van der Waals surface area contributed by atoms with Crippen molar-refractivity contribution >= 4 is 18.3 Å². The molecule has 0 saturated carbocycles. The zero-order valence-corrected chi connectivity index (χ0v) is 11.6. The fourth-order valence-electron chi connectivity index (χ4n) is 1.20. The second kappa shape index (κ2) is 7.40. The predicted octanol–water partition coefficient (Wildman–Crippen LogP) is 0.935. The van der Waals surface area contributed by atoms with Crippen molar-refractivity contribution in [2.75, 3.05) is 7.11 Å². The molecule has 1 amide bonds. The summed E-state index contributed by atoms with van der Waals surface area (Å²) in [6.07, 6.45) is 1.53. The van der Waals surface area contributed by atoms with Crippen LogP contribution in [0.15, 0.2) is 11.8 Å². The van der Waals surface area contributed by atoms with Gasteiger partial charge in [0.25, 0.3) is 0 Å². The van der Waals surface area contributed by atoms with Crippen LogP contribution in [0.5, 0.6) is 0 Å². The van der Waals surface area contributed by atoms with Crippen molar-refractivity contribution in [2.45, 2.75) is 38.8 Å². The third-order valence-electron chi connectivity index (χ3n) is 2.02. The van der Waals surface area contributed by atoms with Crippen LogP contribution in [0, 0.1) is 5.41 Å². The average molecular weight is 271 g/mol. The molecule has 0 aliphatic carbocycles. The van der Waals surface area contributed by atoms with E-state index in [2.05, 4.69) is 10.1 Å². The summed E-state index contributed by atoms with van der Waals surface area (Å²) in [4.78, 5) is 23.1. The number of esters is 1. The van der Waals surface area contributed by atoms with Gasteiger partial charge in [-0.05, 0) is 32.5 Å². The fourth-order valence-corrected chi connectivity index (χ4v) is 1.20. The molecule has 108 valence electrons. The quantitative estimate of drug-likeness (QED) is 0.508. The van der Waals surface area contributed by atoms with Crippen LogP contribution in [0.25, 0.3) is 0 Å². The van der Waals surface area contributed by atoms with Crippen LogP contribution < -0.4 is 11.1 Å². The topological polar surface area (TPSA) is 115 Å². The molecule has 0 aliphatic rings. The van der Waals surface area contributed by atoms with Crippen LogP contribution in [-0.4, -0.2) is 37.0 Å². The molecule has 4 N–H and O–H groups in total. The average Bonchev–Trinajstić information content (AvgIpc) is 2.31. The van der Waals surface area contributed by atoms with E-state index >= 15 is 0 Å². The number of alkyl carbamates (subject to hydrolysis) is 1. The SMILES string of the molecule is COC(=O)C(C/C(C=N)=C/N)NC(=O)OC(C)(C)C. The number of hydrogen-bond donors (Lipinski definition) is 3. The Morgan fingerprint density at radius 3 is 2.37 bits per heavy atom. The molecule has 0 rings (SSSR count). The summed E-state index contributed by atoms with van der Waals surface area (Å²) in [5, 5.41) is 9.50. The Morgan fingerprint density at radius 2 is 2.00 bits per heavy atom. The van der Waals surface area contributed by atoms with E-state index in [0.717, 1.165) is 6.21 Å². The molecule has 0 aliphatic heterocycles. The smallest absolute Gasteiger partial charge is 0.408 e. The highest BCUT2D eigenvalue weighted by Crippen LogP contribution is 2.09. The van der Waals surface area contributed by atoms with Crippen LogP contribution in [0.1, 0.15) is 27.2 Å². The van der Waals surface area contributed by atoms with E-state index in [9.17, 15) is 9.59 Å². The molecule has 0 saturated heterocycles. The molecular weight excluding hydrogens is 250 g/mol. The third-order valence-corrected chi connectivity index (χ3v) is 2.02. The first-order valence-electron chi connectivity index (χ1n) is 5.72. The molecule has 1 unspecified atom stereocenters. The molecule has 19 heavy (non-hydrogen) atoms. The number of nitrogens with two attached hydrogens (primary N) is 1. The lowest BCUT2D eigenvalue weighted by molar-refractivity contribution is -0.143. The van der Waals surface area contributed by atoms with E-state index in [1.807, 2.05) is 0 Å². The van der Waals surface area contributed by atoms with Crippen molar-refractivity contribution in [1.82, 2.24) is 5.32 Å². The summed E-state index contributed by atoms with van der Waals surface area (Å²) in [7, 11) is 1.21. The molecule has 7 heteroatoms. The van der Waals surface area contributed by atoms with Gasteiger partial charge in [0.15, 0.2) is 0 Å². The Hall–Kier alpha value is -2.05. The van der Waals surface area contributed by atoms with Crippen LogP contribution >= 0.6 is 0 Å². The molecule has 0 heterocycles. The van der Waals surface area contributed by atoms with E-state index in [0.29, 0.717) is 5.57 Å². The molecule has 1 atom stereocenters. The van der Waals surface area contributed by atoms with Crippen molar-refractivity contribution in [2.24, 2.45) is 5.73 Å². The summed E-state index contributed by atoms with van der Waals surface area (Å²) >= 11 is 0. The first kappa shape index (κ1) is 16.9. The third kappa shape index (κ3) is 7.07. The minimum Gasteiger partial charge on any atom is -0.467 e. The lowest BCUT2D eigenvalue weighted by Gasteiger charge is -2.22. The summed E-state index contributed by atoms with van der Waals surface area (Å²) in [6.45, 7) is 5.13. The van der Waals surface area contributed by atoms with E-state index in [1.54, 1.807) is 20.8 Å². The maximum absolute atomic E-state index is 11.6. The van der Waals surface area contributed by atoms with Gasteiger partial charge < -0.3 is 25.9 Å². The van der Waals surface area contributed by atoms with E-state index in [1.165, 1.54) is 13.3 Å². The van der Waals surface area contributed by atoms with Gasteiger partial charge >= 0.3 is 12.1 Å². The Bertz CT molecular complexity index is 372. The zero-order chi connectivity index (χ0) is 15.1. The van der Waals surface area contributed by atoms with Crippen LogP contribution in [-0.2, 0) is 14.3 Å². The number of hydrogen-bond acceptors (Lipinski definition) is 6. The summed E-state index contributed by atoms with van der Waals surface area (Å²) in [5.74, 6) is -0.632. The van der Waals surface area contributed by atoms with E-state index < -0.39 is 23.7 Å². The second-order valence-electron chi connectivity index (χ2n) is 4.81. The van der Waals surface area contributed by atoms with Gasteiger partial charge in [-0.2, -0.15) is 0 Å². The first-order chi connectivity index (χ1) is 8.73. The van der Waals surface area contributed by atoms with Crippen molar-refractivity contribution in [3.8, 4) is 0 Å². The fraction of sp³-hybridized carbons (Fsp3) is 0.583. The summed E-state index contributed by atoms with van der Waals surface area (Å²) < 4.78 is 9.63. The molecule has 0 aromatic carbocycles. The van der Waals surface area contributed by atoms with Gasteiger partial charge in [-0.25, -0.2) is 9.59 Å². The molecular formula is C12H21N3O4. The molecule has 0 spiro atoms.